The molecule has 4 aromatic rings. The molecule has 4 rings (SSSR count). The van der Waals surface area contributed by atoms with Gasteiger partial charge in [-0.25, -0.2) is 13.4 Å². The average molecular weight is 453 g/mol. The van der Waals surface area contributed by atoms with Gasteiger partial charge in [0.05, 0.1) is 0 Å². The van der Waals surface area contributed by atoms with Crippen LogP contribution < -0.4 is 10.0 Å². The number of aryl methyl sites for hydroxylation is 1. The number of nitrogens with zero attached hydrogens (tertiary/aromatic N) is 2. The van der Waals surface area contributed by atoms with E-state index in [0.717, 1.165) is 22.7 Å². The minimum Gasteiger partial charge on any atom is -0.331 e. The highest BCUT2D eigenvalue weighted by molar-refractivity contribution is 7.94. The second-order valence-electron chi connectivity index (χ2n) is 6.87. The van der Waals surface area contributed by atoms with Gasteiger partial charge in [-0.1, -0.05) is 18.2 Å². The molecule has 0 bridgehead atoms. The molecule has 0 saturated carbocycles. The summed E-state index contributed by atoms with van der Waals surface area (Å²) in [6.45, 7) is 2.66. The number of rotatable bonds is 7. The smallest absolute Gasteiger partial charge is 0.271 e. The first-order valence-electron chi connectivity index (χ1n) is 9.45. The monoisotopic (exact) mass is 452 g/mol. The third-order valence-corrected chi connectivity index (χ3v) is 7.43. The van der Waals surface area contributed by atoms with Crippen molar-refractivity contribution in [2.45, 2.75) is 17.7 Å². The lowest BCUT2D eigenvalue weighted by Gasteiger charge is -2.09. The topological polar surface area (TPSA) is 93.1 Å². The zero-order valence-corrected chi connectivity index (χ0v) is 18.3. The average Bonchev–Trinajstić information content (AvgIpc) is 3.43. The Bertz CT molecular complexity index is 1280. The number of thiophene rings is 1. The molecule has 0 atom stereocenters. The fraction of sp³-hybridized carbons (Fsp3) is 0.0909. The summed E-state index contributed by atoms with van der Waals surface area (Å²) in [5, 5.41) is 4.55. The van der Waals surface area contributed by atoms with Crippen LogP contribution in [0.25, 0.3) is 0 Å². The van der Waals surface area contributed by atoms with Gasteiger partial charge in [0.1, 0.15) is 10.0 Å². The van der Waals surface area contributed by atoms with Gasteiger partial charge in [-0.3, -0.25) is 9.52 Å². The molecule has 2 aromatic carbocycles. The zero-order chi connectivity index (χ0) is 21.8. The number of hydrogen-bond donors (Lipinski definition) is 2. The minimum atomic E-state index is -3.62. The van der Waals surface area contributed by atoms with Crippen LogP contribution in [0.5, 0.6) is 0 Å². The number of imidazole rings is 1. The Balaban J connectivity index is 1.38. The van der Waals surface area contributed by atoms with E-state index >= 15 is 0 Å². The van der Waals surface area contributed by atoms with Crippen molar-refractivity contribution < 1.29 is 13.2 Å². The van der Waals surface area contributed by atoms with Crippen LogP contribution in [0.2, 0.25) is 0 Å². The minimum absolute atomic E-state index is 0.237. The summed E-state index contributed by atoms with van der Waals surface area (Å²) in [6, 6.07) is 17.1. The van der Waals surface area contributed by atoms with E-state index in [4.69, 9.17) is 0 Å². The fourth-order valence-corrected chi connectivity index (χ4v) is 5.03. The largest absolute Gasteiger partial charge is 0.331 e. The van der Waals surface area contributed by atoms with E-state index in [0.29, 0.717) is 23.5 Å². The standard InChI is InChI=1S/C22H20N4O3S2/c1-16-23-12-13-26(16)15-17-4-8-19(9-5-17)24-22(27)18-6-10-20(11-7-18)25-31(28,29)21-3-2-14-30-21/h2-14,25H,15H2,1H3,(H,24,27). The van der Waals surface area contributed by atoms with Crippen LogP contribution in [-0.2, 0) is 16.6 Å². The van der Waals surface area contributed by atoms with Gasteiger partial charge in [0, 0.05) is 35.9 Å². The van der Waals surface area contributed by atoms with Gasteiger partial charge in [0.15, 0.2) is 0 Å². The summed E-state index contributed by atoms with van der Waals surface area (Å²) in [7, 11) is -3.62. The van der Waals surface area contributed by atoms with Gasteiger partial charge in [-0.05, 0) is 60.3 Å². The van der Waals surface area contributed by atoms with Crippen molar-refractivity contribution in [3.8, 4) is 0 Å². The second kappa shape index (κ2) is 8.75. The Morgan fingerprint density at radius 2 is 1.74 bits per heavy atom. The Kier molecular flexibility index (Phi) is 5.88. The molecular formula is C22H20N4O3S2. The van der Waals surface area contributed by atoms with E-state index in [2.05, 4.69) is 15.0 Å². The highest BCUT2D eigenvalue weighted by Gasteiger charge is 2.15. The van der Waals surface area contributed by atoms with Crippen molar-refractivity contribution in [1.82, 2.24) is 9.55 Å². The van der Waals surface area contributed by atoms with Gasteiger partial charge in [0.2, 0.25) is 0 Å². The van der Waals surface area contributed by atoms with E-state index in [1.54, 1.807) is 41.9 Å². The van der Waals surface area contributed by atoms with Crippen LogP contribution in [-0.4, -0.2) is 23.9 Å². The van der Waals surface area contributed by atoms with Crippen molar-refractivity contribution in [3.05, 3.63) is 95.4 Å². The molecular weight excluding hydrogens is 432 g/mol. The predicted octanol–water partition coefficient (Wildman–Crippen LogP) is 4.35. The van der Waals surface area contributed by atoms with E-state index in [1.165, 1.54) is 6.07 Å². The Hall–Kier alpha value is -3.43. The first-order chi connectivity index (χ1) is 14.9. The molecule has 0 fully saturated rings. The summed E-state index contributed by atoms with van der Waals surface area (Å²) in [5.41, 5.74) is 2.60. The number of carbonyl (C=O) groups excluding carboxylic acids is 1. The summed E-state index contributed by atoms with van der Waals surface area (Å²) in [6.07, 6.45) is 3.69. The van der Waals surface area contributed by atoms with Crippen molar-refractivity contribution >= 4 is 38.6 Å². The molecule has 158 valence electrons. The van der Waals surface area contributed by atoms with Crippen LogP contribution in [0.15, 0.2) is 82.6 Å². The maximum atomic E-state index is 12.5. The number of anilines is 2. The van der Waals surface area contributed by atoms with Crippen molar-refractivity contribution in [2.75, 3.05) is 10.0 Å². The van der Waals surface area contributed by atoms with Crippen molar-refractivity contribution in [2.24, 2.45) is 0 Å². The van der Waals surface area contributed by atoms with Gasteiger partial charge < -0.3 is 9.88 Å². The number of benzene rings is 2. The van der Waals surface area contributed by atoms with Crippen LogP contribution in [0.3, 0.4) is 0 Å². The number of sulfonamides is 1. The van der Waals surface area contributed by atoms with E-state index in [-0.39, 0.29) is 10.1 Å². The number of amides is 1. The second-order valence-corrected chi connectivity index (χ2v) is 9.73. The number of hydrogen-bond acceptors (Lipinski definition) is 5. The summed E-state index contributed by atoms with van der Waals surface area (Å²) >= 11 is 1.14. The lowest BCUT2D eigenvalue weighted by Crippen LogP contribution is -2.13. The molecule has 2 heterocycles. The van der Waals surface area contributed by atoms with Gasteiger partial charge in [-0.15, -0.1) is 11.3 Å². The molecule has 0 spiro atoms. The molecule has 1 amide bonds. The summed E-state index contributed by atoms with van der Waals surface area (Å²) in [5.74, 6) is 0.671. The quantitative estimate of drug-likeness (QED) is 0.436. The highest BCUT2D eigenvalue weighted by atomic mass is 32.2. The summed E-state index contributed by atoms with van der Waals surface area (Å²) < 4.78 is 29.4. The van der Waals surface area contributed by atoms with Crippen LogP contribution >= 0.6 is 11.3 Å². The van der Waals surface area contributed by atoms with Crippen LogP contribution in [0.4, 0.5) is 11.4 Å². The molecule has 9 heteroatoms. The Morgan fingerprint density at radius 1 is 1.03 bits per heavy atom. The summed E-state index contributed by atoms with van der Waals surface area (Å²) in [4.78, 5) is 16.7. The molecule has 7 nitrogen and oxygen atoms in total. The first kappa shape index (κ1) is 20.8. The molecule has 0 aliphatic rings. The first-order valence-corrected chi connectivity index (χ1v) is 11.8. The van der Waals surface area contributed by atoms with E-state index < -0.39 is 10.0 Å². The normalized spacial score (nSPS) is 11.3. The van der Waals surface area contributed by atoms with E-state index in [1.807, 2.05) is 42.0 Å². The molecule has 2 aromatic heterocycles. The molecule has 0 aliphatic carbocycles. The van der Waals surface area contributed by atoms with Gasteiger partial charge >= 0.3 is 0 Å². The maximum absolute atomic E-state index is 12.5. The number of aromatic nitrogens is 2. The number of nitrogens with one attached hydrogen (secondary N) is 2. The molecule has 31 heavy (non-hydrogen) atoms. The predicted molar refractivity (Wildman–Crippen MR) is 122 cm³/mol. The highest BCUT2D eigenvalue weighted by Crippen LogP contribution is 2.21. The lowest BCUT2D eigenvalue weighted by atomic mass is 10.1. The van der Waals surface area contributed by atoms with Gasteiger partial charge in [-0.2, -0.15) is 0 Å². The van der Waals surface area contributed by atoms with Crippen molar-refractivity contribution in [1.29, 1.82) is 0 Å². The SMILES string of the molecule is Cc1nccn1Cc1ccc(NC(=O)c2ccc(NS(=O)(=O)c3cccs3)cc2)cc1. The lowest BCUT2D eigenvalue weighted by molar-refractivity contribution is 0.102. The molecule has 0 aliphatic heterocycles. The Labute approximate surface area is 184 Å². The van der Waals surface area contributed by atoms with Crippen LogP contribution in [0.1, 0.15) is 21.7 Å². The third kappa shape index (κ3) is 5.01. The molecule has 0 unspecified atom stereocenters. The number of carbonyl (C=O) groups is 1. The fourth-order valence-electron chi connectivity index (χ4n) is 2.98. The third-order valence-electron chi connectivity index (χ3n) is 4.65. The molecule has 0 saturated heterocycles. The molecule has 2 N–H and O–H groups in total. The maximum Gasteiger partial charge on any atom is 0.271 e. The Morgan fingerprint density at radius 3 is 2.35 bits per heavy atom. The van der Waals surface area contributed by atoms with Gasteiger partial charge in [0.25, 0.3) is 15.9 Å². The van der Waals surface area contributed by atoms with E-state index in [9.17, 15) is 13.2 Å². The zero-order valence-electron chi connectivity index (χ0n) is 16.6. The van der Waals surface area contributed by atoms with Crippen LogP contribution in [0, 0.1) is 6.92 Å². The van der Waals surface area contributed by atoms with Crippen molar-refractivity contribution in [3.63, 3.8) is 0 Å². The molecule has 0 radical (unpaired) electrons.